The second-order valence-electron chi connectivity index (χ2n) is 6.22. The van der Waals surface area contributed by atoms with Crippen LogP contribution in [-0.2, 0) is 16.0 Å². The molecule has 1 aliphatic carbocycles. The summed E-state index contributed by atoms with van der Waals surface area (Å²) >= 11 is 0. The zero-order valence-electron chi connectivity index (χ0n) is 11.9. The van der Waals surface area contributed by atoms with Gasteiger partial charge in [-0.1, -0.05) is 13.8 Å². The maximum Gasteiger partial charge on any atom is 0.303 e. The first kappa shape index (κ1) is 14.6. The number of aliphatic carboxylic acids is 1. The lowest BCUT2D eigenvalue weighted by Crippen LogP contribution is -2.34. The molecular weight excluding hydrogens is 258 g/mol. The first-order chi connectivity index (χ1) is 9.37. The maximum atomic E-state index is 12.1. The normalized spacial score (nSPS) is 18.4. The molecule has 0 aliphatic heterocycles. The molecule has 0 saturated heterocycles. The van der Waals surface area contributed by atoms with Crippen molar-refractivity contribution in [3.63, 3.8) is 0 Å². The number of carboxylic acids is 1. The Morgan fingerprint density at radius 2 is 2.20 bits per heavy atom. The Bertz CT molecular complexity index is 504. The number of nitrogens with one attached hydrogen (secondary N) is 1. The van der Waals surface area contributed by atoms with Crippen molar-refractivity contribution in [1.29, 1.82) is 0 Å². The molecule has 20 heavy (non-hydrogen) atoms. The molecule has 1 amide bonds. The smallest absolute Gasteiger partial charge is 0.303 e. The van der Waals surface area contributed by atoms with Crippen LogP contribution < -0.4 is 5.32 Å². The molecule has 0 radical (unpaired) electrons. The lowest BCUT2D eigenvalue weighted by atomic mass is 9.85. The van der Waals surface area contributed by atoms with E-state index >= 15 is 0 Å². The number of hydrogen-bond acceptors (Lipinski definition) is 3. The van der Waals surface area contributed by atoms with Gasteiger partial charge in [-0.05, 0) is 24.3 Å². The summed E-state index contributed by atoms with van der Waals surface area (Å²) in [5.41, 5.74) is 0.518. The highest BCUT2D eigenvalue weighted by Crippen LogP contribution is 2.31. The van der Waals surface area contributed by atoms with Crippen LogP contribution in [0.5, 0.6) is 0 Å². The van der Waals surface area contributed by atoms with Gasteiger partial charge in [-0.25, -0.2) is 0 Å². The third kappa shape index (κ3) is 3.62. The molecule has 0 fully saturated rings. The summed E-state index contributed by atoms with van der Waals surface area (Å²) in [5.74, 6) is -0.0285. The number of fused-ring (bicyclic) bond motifs is 1. The van der Waals surface area contributed by atoms with Crippen molar-refractivity contribution in [1.82, 2.24) is 5.32 Å². The fourth-order valence-corrected chi connectivity index (χ4v) is 2.79. The van der Waals surface area contributed by atoms with E-state index in [1.54, 1.807) is 20.1 Å². The highest BCUT2D eigenvalue weighted by atomic mass is 16.4. The minimum absolute atomic E-state index is 0.00868. The molecule has 110 valence electrons. The fraction of sp³-hybridized carbons (Fsp3) is 0.600. The largest absolute Gasteiger partial charge is 0.481 e. The molecule has 5 heteroatoms. The van der Waals surface area contributed by atoms with Crippen molar-refractivity contribution in [3.05, 3.63) is 23.7 Å². The lowest BCUT2D eigenvalue weighted by Gasteiger charge is -2.26. The van der Waals surface area contributed by atoms with Gasteiger partial charge >= 0.3 is 5.97 Å². The van der Waals surface area contributed by atoms with Gasteiger partial charge in [-0.15, -0.1) is 0 Å². The average Bonchev–Trinajstić information content (AvgIpc) is 2.74. The third-order valence-corrected chi connectivity index (χ3v) is 3.66. The zero-order chi connectivity index (χ0) is 14.8. The van der Waals surface area contributed by atoms with Crippen molar-refractivity contribution in [3.8, 4) is 0 Å². The topological polar surface area (TPSA) is 79.5 Å². The highest BCUT2D eigenvalue weighted by Gasteiger charge is 2.28. The number of carbonyl (C=O) groups excluding carboxylic acids is 1. The fourth-order valence-electron chi connectivity index (χ4n) is 2.79. The van der Waals surface area contributed by atoms with Crippen LogP contribution in [0.1, 0.15) is 56.9 Å². The maximum absolute atomic E-state index is 12.1. The van der Waals surface area contributed by atoms with Gasteiger partial charge < -0.3 is 14.8 Å². The summed E-state index contributed by atoms with van der Waals surface area (Å²) in [5, 5.41) is 11.8. The molecule has 1 aromatic rings. The van der Waals surface area contributed by atoms with Crippen LogP contribution in [0.25, 0.3) is 0 Å². The monoisotopic (exact) mass is 279 g/mol. The Balaban J connectivity index is 1.95. The number of furan rings is 1. The second kappa shape index (κ2) is 5.69. The second-order valence-corrected chi connectivity index (χ2v) is 6.22. The van der Waals surface area contributed by atoms with E-state index in [4.69, 9.17) is 9.52 Å². The van der Waals surface area contributed by atoms with E-state index in [-0.39, 0.29) is 24.8 Å². The number of rotatable bonds is 5. The van der Waals surface area contributed by atoms with E-state index in [0.717, 1.165) is 30.6 Å². The van der Waals surface area contributed by atoms with Crippen LogP contribution in [0.15, 0.2) is 16.7 Å². The molecule has 2 N–H and O–H groups in total. The van der Waals surface area contributed by atoms with Gasteiger partial charge in [0, 0.05) is 18.4 Å². The van der Waals surface area contributed by atoms with Crippen LogP contribution >= 0.6 is 0 Å². The molecule has 0 bridgehead atoms. The molecule has 0 aromatic carbocycles. The van der Waals surface area contributed by atoms with Gasteiger partial charge in [-0.2, -0.15) is 0 Å². The minimum Gasteiger partial charge on any atom is -0.481 e. The molecular formula is C15H21NO4. The molecule has 0 saturated carbocycles. The van der Waals surface area contributed by atoms with Crippen molar-refractivity contribution in [2.45, 2.75) is 52.0 Å². The minimum atomic E-state index is -0.877. The van der Waals surface area contributed by atoms with Crippen LogP contribution in [-0.4, -0.2) is 17.0 Å². The van der Waals surface area contributed by atoms with Gasteiger partial charge in [-0.3, -0.25) is 9.59 Å². The SMILES string of the molecule is CC(C)(CC(=O)O)CC(=O)NC1CCCc2occc21. The summed E-state index contributed by atoms with van der Waals surface area (Å²) in [6.07, 6.45) is 4.66. The Morgan fingerprint density at radius 1 is 1.45 bits per heavy atom. The predicted octanol–water partition coefficient (Wildman–Crippen LogP) is 2.66. The first-order valence-corrected chi connectivity index (χ1v) is 6.95. The van der Waals surface area contributed by atoms with Crippen molar-refractivity contribution in [2.24, 2.45) is 5.41 Å². The van der Waals surface area contributed by atoms with Crippen molar-refractivity contribution >= 4 is 11.9 Å². The summed E-state index contributed by atoms with van der Waals surface area (Å²) in [6, 6.07) is 1.90. The first-order valence-electron chi connectivity index (χ1n) is 6.95. The predicted molar refractivity (Wildman–Crippen MR) is 73.2 cm³/mol. The Labute approximate surface area is 118 Å². The third-order valence-electron chi connectivity index (χ3n) is 3.66. The summed E-state index contributed by atoms with van der Waals surface area (Å²) < 4.78 is 5.39. The average molecular weight is 279 g/mol. The van der Waals surface area contributed by atoms with Gasteiger partial charge in [0.1, 0.15) is 5.76 Å². The number of amides is 1. The van der Waals surface area contributed by atoms with Gasteiger partial charge in [0.2, 0.25) is 5.91 Å². The Kier molecular flexibility index (Phi) is 4.16. The van der Waals surface area contributed by atoms with Gasteiger partial charge in [0.25, 0.3) is 0 Å². The van der Waals surface area contributed by atoms with E-state index in [9.17, 15) is 9.59 Å². The summed E-state index contributed by atoms with van der Waals surface area (Å²) in [6.45, 7) is 3.59. The van der Waals surface area contributed by atoms with E-state index in [0.29, 0.717) is 0 Å². The zero-order valence-corrected chi connectivity index (χ0v) is 11.9. The van der Waals surface area contributed by atoms with Gasteiger partial charge in [0.05, 0.1) is 18.7 Å². The lowest BCUT2D eigenvalue weighted by molar-refractivity contribution is -0.139. The van der Waals surface area contributed by atoms with E-state index in [1.807, 2.05) is 6.07 Å². The highest BCUT2D eigenvalue weighted by molar-refractivity contribution is 5.78. The van der Waals surface area contributed by atoms with Crippen molar-refractivity contribution in [2.75, 3.05) is 0 Å². The molecule has 5 nitrogen and oxygen atoms in total. The van der Waals surface area contributed by atoms with Crippen LogP contribution in [0, 0.1) is 5.41 Å². The van der Waals surface area contributed by atoms with Crippen LogP contribution in [0.2, 0.25) is 0 Å². The van der Waals surface area contributed by atoms with Crippen LogP contribution in [0.3, 0.4) is 0 Å². The molecule has 1 unspecified atom stereocenters. The van der Waals surface area contributed by atoms with Crippen LogP contribution in [0.4, 0.5) is 0 Å². The standard InChI is InChI=1S/C15H21NO4/c1-15(2,9-14(18)19)8-13(17)16-11-4-3-5-12-10(11)6-7-20-12/h6-7,11H,3-5,8-9H2,1-2H3,(H,16,17)(H,18,19). The summed E-state index contributed by atoms with van der Waals surface area (Å²) in [7, 11) is 0. The molecule has 1 heterocycles. The van der Waals surface area contributed by atoms with E-state index in [1.165, 1.54) is 0 Å². The number of hydrogen-bond donors (Lipinski definition) is 2. The van der Waals surface area contributed by atoms with Crippen molar-refractivity contribution < 1.29 is 19.1 Å². The summed E-state index contributed by atoms with van der Waals surface area (Å²) in [4.78, 5) is 22.9. The molecule has 0 spiro atoms. The number of carbonyl (C=O) groups is 2. The molecule has 2 rings (SSSR count). The number of aryl methyl sites for hydroxylation is 1. The van der Waals surface area contributed by atoms with E-state index in [2.05, 4.69) is 5.32 Å². The Hall–Kier alpha value is -1.78. The van der Waals surface area contributed by atoms with E-state index < -0.39 is 11.4 Å². The van der Waals surface area contributed by atoms with Gasteiger partial charge in [0.15, 0.2) is 0 Å². The molecule has 1 aromatic heterocycles. The number of carboxylic acid groups (broad SMARTS) is 1. The Morgan fingerprint density at radius 3 is 2.90 bits per heavy atom. The molecule has 1 aliphatic rings. The molecule has 1 atom stereocenters. The quantitative estimate of drug-likeness (QED) is 0.868.